The van der Waals surface area contributed by atoms with Crippen molar-refractivity contribution < 1.29 is 19.0 Å². The molecule has 0 saturated carbocycles. The monoisotopic (exact) mass is 222 g/mol. The van der Waals surface area contributed by atoms with Gasteiger partial charge in [-0.25, -0.2) is 15.0 Å². The molecule has 6 heteroatoms. The number of ether oxygens (including phenoxy) is 1. The SMILES string of the molecule is CC(C)(C)OC(=O)NN.CC=C(F)CO. The van der Waals surface area contributed by atoms with Crippen molar-refractivity contribution >= 4 is 6.09 Å². The molecule has 90 valence electrons. The Hall–Kier alpha value is -1.14. The lowest BCUT2D eigenvalue weighted by molar-refractivity contribution is 0.0527. The minimum absolute atomic E-state index is 0.469. The van der Waals surface area contributed by atoms with E-state index in [4.69, 9.17) is 15.7 Å². The van der Waals surface area contributed by atoms with Gasteiger partial charge < -0.3 is 9.84 Å². The van der Waals surface area contributed by atoms with E-state index in [0.29, 0.717) is 0 Å². The molecule has 0 saturated heterocycles. The first-order valence-electron chi connectivity index (χ1n) is 4.38. The molecule has 15 heavy (non-hydrogen) atoms. The van der Waals surface area contributed by atoms with E-state index in [2.05, 4.69) is 0 Å². The zero-order chi connectivity index (χ0) is 12.5. The summed E-state index contributed by atoms with van der Waals surface area (Å²) in [6, 6.07) is 0. The molecule has 0 aromatic heterocycles. The van der Waals surface area contributed by atoms with Crippen LogP contribution in [0.3, 0.4) is 0 Å². The van der Waals surface area contributed by atoms with Gasteiger partial charge in [-0.2, -0.15) is 0 Å². The van der Waals surface area contributed by atoms with Crippen LogP contribution in [0, 0.1) is 0 Å². The number of hydrogen-bond donors (Lipinski definition) is 3. The van der Waals surface area contributed by atoms with Crippen molar-refractivity contribution in [2.75, 3.05) is 6.61 Å². The van der Waals surface area contributed by atoms with Gasteiger partial charge in [0, 0.05) is 0 Å². The van der Waals surface area contributed by atoms with Gasteiger partial charge in [0.25, 0.3) is 0 Å². The maximum absolute atomic E-state index is 11.5. The van der Waals surface area contributed by atoms with E-state index in [0.717, 1.165) is 0 Å². The molecule has 0 spiro atoms. The molecule has 0 aliphatic rings. The fourth-order valence-corrected chi connectivity index (χ4v) is 0.399. The number of carbonyl (C=O) groups is 1. The molecule has 0 heterocycles. The predicted octanol–water partition coefficient (Wildman–Crippen LogP) is 1.24. The Morgan fingerprint density at radius 1 is 1.60 bits per heavy atom. The van der Waals surface area contributed by atoms with E-state index in [-0.39, 0.29) is 0 Å². The van der Waals surface area contributed by atoms with Gasteiger partial charge >= 0.3 is 6.09 Å². The van der Waals surface area contributed by atoms with Crippen molar-refractivity contribution in [1.29, 1.82) is 0 Å². The van der Waals surface area contributed by atoms with Gasteiger partial charge in [-0.3, -0.25) is 5.43 Å². The van der Waals surface area contributed by atoms with Crippen molar-refractivity contribution in [3.8, 4) is 0 Å². The molecule has 0 radical (unpaired) electrons. The molecule has 0 aliphatic carbocycles. The first-order valence-corrected chi connectivity index (χ1v) is 4.38. The number of allylic oxidation sites excluding steroid dienone is 1. The van der Waals surface area contributed by atoms with Gasteiger partial charge in [0.1, 0.15) is 11.4 Å². The Bertz CT molecular complexity index is 212. The third-order valence-corrected chi connectivity index (χ3v) is 0.981. The van der Waals surface area contributed by atoms with Crippen LogP contribution in [-0.4, -0.2) is 23.4 Å². The molecule has 0 unspecified atom stereocenters. The van der Waals surface area contributed by atoms with Crippen LogP contribution in [0.4, 0.5) is 9.18 Å². The highest BCUT2D eigenvalue weighted by Gasteiger charge is 2.14. The number of rotatable bonds is 1. The molecule has 0 atom stereocenters. The molecule has 0 rings (SSSR count). The Kier molecular flexibility index (Phi) is 8.90. The third kappa shape index (κ3) is 15.6. The fourth-order valence-electron chi connectivity index (χ4n) is 0.399. The molecule has 4 N–H and O–H groups in total. The first-order chi connectivity index (χ1) is 6.76. The van der Waals surface area contributed by atoms with Crippen LogP contribution in [0.1, 0.15) is 27.7 Å². The highest BCUT2D eigenvalue weighted by Crippen LogP contribution is 2.05. The average molecular weight is 222 g/mol. The quantitative estimate of drug-likeness (QED) is 0.354. The Morgan fingerprint density at radius 2 is 2.07 bits per heavy atom. The van der Waals surface area contributed by atoms with Crippen LogP contribution in [0.5, 0.6) is 0 Å². The summed E-state index contributed by atoms with van der Waals surface area (Å²) in [6.07, 6.45) is 0.613. The molecular weight excluding hydrogens is 203 g/mol. The van der Waals surface area contributed by atoms with Crippen LogP contribution in [0.25, 0.3) is 0 Å². The van der Waals surface area contributed by atoms with Gasteiger partial charge in [-0.15, -0.1) is 0 Å². The number of amides is 1. The highest BCUT2D eigenvalue weighted by molar-refractivity contribution is 5.66. The fraction of sp³-hybridized carbons (Fsp3) is 0.667. The summed E-state index contributed by atoms with van der Waals surface area (Å²) in [5.41, 5.74) is 1.39. The molecule has 0 aromatic rings. The van der Waals surface area contributed by atoms with Crippen LogP contribution < -0.4 is 11.3 Å². The largest absolute Gasteiger partial charge is 0.443 e. The van der Waals surface area contributed by atoms with Crippen LogP contribution in [-0.2, 0) is 4.74 Å². The standard InChI is InChI=1S/C5H12N2O2.C4H7FO/c1-5(2,3)9-4(8)7-6;1-2-4(5)3-6/h6H2,1-3H3,(H,7,8);2,6H,3H2,1H3. The second-order valence-corrected chi connectivity index (χ2v) is 3.54. The van der Waals surface area contributed by atoms with Gasteiger partial charge in [-0.1, -0.05) is 6.08 Å². The lowest BCUT2D eigenvalue weighted by Crippen LogP contribution is -2.36. The molecule has 0 aromatic carbocycles. The molecule has 0 aliphatic heterocycles. The normalized spacial score (nSPS) is 11.3. The summed E-state index contributed by atoms with van der Waals surface area (Å²) in [5.74, 6) is 4.28. The zero-order valence-corrected chi connectivity index (χ0v) is 9.50. The van der Waals surface area contributed by atoms with Crippen molar-refractivity contribution in [3.63, 3.8) is 0 Å². The number of nitrogens with one attached hydrogen (secondary N) is 1. The van der Waals surface area contributed by atoms with E-state index in [1.54, 1.807) is 20.8 Å². The van der Waals surface area contributed by atoms with Gasteiger partial charge in [0.05, 0.1) is 6.61 Å². The van der Waals surface area contributed by atoms with Crippen LogP contribution in [0.15, 0.2) is 11.9 Å². The summed E-state index contributed by atoms with van der Waals surface area (Å²) in [6.45, 7) is 6.36. The minimum Gasteiger partial charge on any atom is -0.443 e. The van der Waals surface area contributed by atoms with Gasteiger partial charge in [0.15, 0.2) is 0 Å². The van der Waals surface area contributed by atoms with Crippen molar-refractivity contribution in [2.45, 2.75) is 33.3 Å². The Labute approximate surface area is 89.1 Å². The predicted molar refractivity (Wildman–Crippen MR) is 55.5 cm³/mol. The number of nitrogens with two attached hydrogens (primary N) is 1. The summed E-state index contributed by atoms with van der Waals surface area (Å²) < 4.78 is 16.2. The summed E-state index contributed by atoms with van der Waals surface area (Å²) in [7, 11) is 0. The molecule has 5 nitrogen and oxygen atoms in total. The number of aliphatic hydroxyl groups excluding tert-OH is 1. The number of hydrogen-bond acceptors (Lipinski definition) is 4. The number of aliphatic hydroxyl groups is 1. The maximum atomic E-state index is 11.5. The van der Waals surface area contributed by atoms with Crippen molar-refractivity contribution in [2.24, 2.45) is 5.84 Å². The lowest BCUT2D eigenvalue weighted by atomic mass is 10.2. The zero-order valence-electron chi connectivity index (χ0n) is 9.50. The number of carbonyl (C=O) groups excluding carboxylic acids is 1. The molecule has 1 amide bonds. The topological polar surface area (TPSA) is 84.6 Å². The minimum atomic E-state index is -0.609. The second kappa shape index (κ2) is 8.19. The van der Waals surface area contributed by atoms with Gasteiger partial charge in [-0.05, 0) is 27.7 Å². The van der Waals surface area contributed by atoms with E-state index in [9.17, 15) is 9.18 Å². The van der Waals surface area contributed by atoms with E-state index >= 15 is 0 Å². The molecular formula is C9H19FN2O3. The Morgan fingerprint density at radius 3 is 2.13 bits per heavy atom. The smallest absolute Gasteiger partial charge is 0.421 e. The average Bonchev–Trinajstić information content (AvgIpc) is 2.15. The van der Waals surface area contributed by atoms with Crippen molar-refractivity contribution in [1.82, 2.24) is 5.43 Å². The highest BCUT2D eigenvalue weighted by atomic mass is 19.1. The molecule has 0 fully saturated rings. The maximum Gasteiger partial charge on any atom is 0.421 e. The lowest BCUT2D eigenvalue weighted by Gasteiger charge is -2.18. The van der Waals surface area contributed by atoms with E-state index in [1.165, 1.54) is 13.0 Å². The molecule has 0 bridgehead atoms. The van der Waals surface area contributed by atoms with Crippen LogP contribution >= 0.6 is 0 Å². The summed E-state index contributed by atoms with van der Waals surface area (Å²) in [5, 5.41) is 7.89. The third-order valence-electron chi connectivity index (χ3n) is 0.981. The second-order valence-electron chi connectivity index (χ2n) is 3.54. The first kappa shape index (κ1) is 16.3. The van der Waals surface area contributed by atoms with Crippen molar-refractivity contribution in [3.05, 3.63) is 11.9 Å². The number of halogens is 1. The summed E-state index contributed by atoms with van der Waals surface area (Å²) >= 11 is 0. The Balaban J connectivity index is 0. The van der Waals surface area contributed by atoms with E-state index < -0.39 is 24.1 Å². The number of hydrazine groups is 1. The van der Waals surface area contributed by atoms with Gasteiger partial charge in [0.2, 0.25) is 0 Å². The summed E-state index contributed by atoms with van der Waals surface area (Å²) in [4.78, 5) is 10.4. The van der Waals surface area contributed by atoms with Crippen LogP contribution in [0.2, 0.25) is 0 Å². The van der Waals surface area contributed by atoms with E-state index in [1.807, 2.05) is 5.43 Å².